The van der Waals surface area contributed by atoms with E-state index in [0.717, 1.165) is 50.4 Å². The molecule has 1 aromatic rings. The number of amides is 1. The number of carbonyl (C=O) groups is 1. The van der Waals surface area contributed by atoms with E-state index in [0.29, 0.717) is 0 Å². The molecule has 0 spiro atoms. The molecule has 0 aromatic carbocycles. The number of rotatable bonds is 5. The van der Waals surface area contributed by atoms with Gasteiger partial charge in [-0.3, -0.25) is 9.69 Å². The fourth-order valence-corrected chi connectivity index (χ4v) is 2.80. The average Bonchev–Trinajstić information content (AvgIpc) is 2.79. The second-order valence-corrected chi connectivity index (χ2v) is 5.48. The lowest BCUT2D eigenvalue weighted by Gasteiger charge is -2.33. The van der Waals surface area contributed by atoms with Crippen molar-refractivity contribution in [2.75, 3.05) is 13.1 Å². The van der Waals surface area contributed by atoms with Gasteiger partial charge < -0.3 is 15.4 Å². The third kappa shape index (κ3) is 3.19. The van der Waals surface area contributed by atoms with Crippen LogP contribution in [0.25, 0.3) is 0 Å². The molecule has 3 N–H and O–H groups in total. The molecule has 112 valence electrons. The van der Waals surface area contributed by atoms with Gasteiger partial charge in [0, 0.05) is 12.1 Å². The maximum atomic E-state index is 11.0. The zero-order valence-corrected chi connectivity index (χ0v) is 12.1. The summed E-state index contributed by atoms with van der Waals surface area (Å²) in [6.45, 7) is 6.52. The molecular formula is C14H23N3O3. The maximum Gasteiger partial charge on any atom is 0.246 e. The van der Waals surface area contributed by atoms with E-state index in [1.165, 1.54) is 5.56 Å². The molecule has 1 fully saturated rings. The predicted molar refractivity (Wildman–Crippen MR) is 73.8 cm³/mol. The highest BCUT2D eigenvalue weighted by Crippen LogP contribution is 2.24. The van der Waals surface area contributed by atoms with Gasteiger partial charge in [0.15, 0.2) is 0 Å². The summed E-state index contributed by atoms with van der Waals surface area (Å²) in [7, 11) is 0. The first-order valence-electron chi connectivity index (χ1n) is 7.16. The van der Waals surface area contributed by atoms with Crippen LogP contribution in [0.2, 0.25) is 0 Å². The van der Waals surface area contributed by atoms with Gasteiger partial charge >= 0.3 is 0 Å². The quantitative estimate of drug-likeness (QED) is 0.824. The van der Waals surface area contributed by atoms with E-state index in [4.69, 9.17) is 10.3 Å². The Morgan fingerprint density at radius 3 is 2.75 bits per heavy atom. The summed E-state index contributed by atoms with van der Waals surface area (Å²) in [5, 5.41) is 13.8. The molecule has 1 saturated heterocycles. The van der Waals surface area contributed by atoms with Crippen LogP contribution in [0.15, 0.2) is 4.52 Å². The molecule has 1 aliphatic heterocycles. The number of aromatic nitrogens is 1. The molecule has 1 amide bonds. The zero-order valence-electron chi connectivity index (χ0n) is 12.1. The Balaban J connectivity index is 1.91. The lowest BCUT2D eigenvalue weighted by Crippen LogP contribution is -2.42. The number of hydrogen-bond donors (Lipinski definition) is 2. The molecule has 0 saturated carbocycles. The summed E-state index contributed by atoms with van der Waals surface area (Å²) < 4.78 is 5.24. The minimum Gasteiger partial charge on any atom is -0.383 e. The zero-order chi connectivity index (χ0) is 14.7. The summed E-state index contributed by atoms with van der Waals surface area (Å²) in [5.41, 5.74) is 7.33. The van der Waals surface area contributed by atoms with Gasteiger partial charge in [-0.2, -0.15) is 0 Å². The summed E-state index contributed by atoms with van der Waals surface area (Å²) in [6, 6.07) is 0. The first-order chi connectivity index (χ1) is 9.52. The Bertz CT molecular complexity index is 464. The molecule has 0 bridgehead atoms. The molecule has 2 heterocycles. The third-order valence-electron chi connectivity index (χ3n) is 4.15. The van der Waals surface area contributed by atoms with E-state index in [1.54, 1.807) is 0 Å². The molecule has 20 heavy (non-hydrogen) atoms. The smallest absolute Gasteiger partial charge is 0.246 e. The van der Waals surface area contributed by atoms with Crippen LogP contribution < -0.4 is 5.73 Å². The normalized spacial score (nSPS) is 19.1. The van der Waals surface area contributed by atoms with E-state index in [9.17, 15) is 9.90 Å². The van der Waals surface area contributed by atoms with Gasteiger partial charge in [0.2, 0.25) is 5.91 Å². The number of likely N-dealkylation sites (tertiary alicyclic amines) is 1. The van der Waals surface area contributed by atoms with Crippen molar-refractivity contribution < 1.29 is 14.4 Å². The number of aliphatic hydroxyl groups is 1. The van der Waals surface area contributed by atoms with E-state index in [2.05, 4.69) is 17.0 Å². The number of hydrogen-bond acceptors (Lipinski definition) is 5. The lowest BCUT2D eigenvalue weighted by atomic mass is 9.90. The minimum atomic E-state index is -1.01. The van der Waals surface area contributed by atoms with Gasteiger partial charge in [-0.25, -0.2) is 0 Å². The van der Waals surface area contributed by atoms with Crippen molar-refractivity contribution >= 4 is 5.91 Å². The van der Waals surface area contributed by atoms with E-state index in [1.807, 2.05) is 6.92 Å². The standard InChI is InChI=1S/C14H23N3O3/c1-3-12-11(9(2)20-16-12)8-17-6-4-10(5-7-17)13(18)14(15)19/h10,13,18H,3-8H2,1-2H3,(H2,15,19). The summed E-state index contributed by atoms with van der Waals surface area (Å²) in [6.07, 6.45) is 1.43. The number of nitrogens with zero attached hydrogens (tertiary/aromatic N) is 2. The Morgan fingerprint density at radius 2 is 2.20 bits per heavy atom. The van der Waals surface area contributed by atoms with Gasteiger partial charge in [0.25, 0.3) is 0 Å². The Kier molecular flexibility index (Phi) is 4.77. The van der Waals surface area contributed by atoms with E-state index >= 15 is 0 Å². The largest absolute Gasteiger partial charge is 0.383 e. The molecule has 6 nitrogen and oxygen atoms in total. The van der Waals surface area contributed by atoms with Crippen LogP contribution in [0.4, 0.5) is 0 Å². The van der Waals surface area contributed by atoms with Gasteiger partial charge in [0.1, 0.15) is 11.9 Å². The molecule has 0 aliphatic carbocycles. The van der Waals surface area contributed by atoms with Gasteiger partial charge in [-0.15, -0.1) is 0 Å². The fraction of sp³-hybridized carbons (Fsp3) is 0.714. The molecule has 1 unspecified atom stereocenters. The second-order valence-electron chi connectivity index (χ2n) is 5.48. The van der Waals surface area contributed by atoms with Crippen LogP contribution in [0.3, 0.4) is 0 Å². The van der Waals surface area contributed by atoms with Crippen molar-refractivity contribution in [1.29, 1.82) is 0 Å². The number of nitrogens with two attached hydrogens (primary N) is 1. The maximum absolute atomic E-state index is 11.0. The number of aliphatic hydroxyl groups excluding tert-OH is 1. The second kappa shape index (κ2) is 6.37. The molecule has 6 heteroatoms. The lowest BCUT2D eigenvalue weighted by molar-refractivity contribution is -0.129. The Hall–Kier alpha value is -1.40. The highest BCUT2D eigenvalue weighted by molar-refractivity contribution is 5.78. The highest BCUT2D eigenvalue weighted by Gasteiger charge is 2.29. The molecule has 2 rings (SSSR count). The third-order valence-corrected chi connectivity index (χ3v) is 4.15. The number of carbonyl (C=O) groups excluding carboxylic acids is 1. The fourth-order valence-electron chi connectivity index (χ4n) is 2.80. The van der Waals surface area contributed by atoms with Crippen LogP contribution in [0.1, 0.15) is 36.8 Å². The predicted octanol–water partition coefficient (Wildman–Crippen LogP) is 0.604. The van der Waals surface area contributed by atoms with Crippen LogP contribution in [0, 0.1) is 12.8 Å². The van der Waals surface area contributed by atoms with Crippen LogP contribution >= 0.6 is 0 Å². The van der Waals surface area contributed by atoms with Crippen molar-refractivity contribution in [2.45, 2.75) is 45.8 Å². The van der Waals surface area contributed by atoms with E-state index in [-0.39, 0.29) is 5.92 Å². The van der Waals surface area contributed by atoms with Gasteiger partial charge in [0.05, 0.1) is 5.69 Å². The molecule has 1 aromatic heterocycles. The van der Waals surface area contributed by atoms with Crippen molar-refractivity contribution in [1.82, 2.24) is 10.1 Å². The monoisotopic (exact) mass is 281 g/mol. The van der Waals surface area contributed by atoms with Gasteiger partial charge in [-0.05, 0) is 45.2 Å². The molecular weight excluding hydrogens is 258 g/mol. The van der Waals surface area contributed by atoms with Crippen molar-refractivity contribution in [2.24, 2.45) is 11.7 Å². The Morgan fingerprint density at radius 1 is 1.55 bits per heavy atom. The highest BCUT2D eigenvalue weighted by atomic mass is 16.5. The molecule has 0 radical (unpaired) electrons. The topological polar surface area (TPSA) is 92.6 Å². The van der Waals surface area contributed by atoms with Crippen molar-refractivity contribution in [3.8, 4) is 0 Å². The van der Waals surface area contributed by atoms with Crippen molar-refractivity contribution in [3.63, 3.8) is 0 Å². The summed E-state index contributed by atoms with van der Waals surface area (Å²) in [4.78, 5) is 13.3. The van der Waals surface area contributed by atoms with E-state index < -0.39 is 12.0 Å². The number of primary amides is 1. The van der Waals surface area contributed by atoms with Crippen LogP contribution in [-0.2, 0) is 17.8 Å². The molecule has 1 atom stereocenters. The summed E-state index contributed by atoms with van der Waals surface area (Å²) >= 11 is 0. The first-order valence-corrected chi connectivity index (χ1v) is 7.16. The Labute approximate surface area is 118 Å². The number of aryl methyl sites for hydroxylation is 2. The SMILES string of the molecule is CCc1noc(C)c1CN1CCC(C(O)C(N)=O)CC1. The van der Waals surface area contributed by atoms with Crippen LogP contribution in [-0.4, -0.2) is 40.3 Å². The number of piperidine rings is 1. The van der Waals surface area contributed by atoms with Gasteiger partial charge in [-0.1, -0.05) is 12.1 Å². The van der Waals surface area contributed by atoms with Crippen LogP contribution in [0.5, 0.6) is 0 Å². The molecule has 1 aliphatic rings. The average molecular weight is 281 g/mol. The van der Waals surface area contributed by atoms with Crippen molar-refractivity contribution in [3.05, 3.63) is 17.0 Å². The minimum absolute atomic E-state index is 0.0158. The first kappa shape index (κ1) is 15.0. The summed E-state index contributed by atoms with van der Waals surface area (Å²) in [5.74, 6) is 0.241.